The summed E-state index contributed by atoms with van der Waals surface area (Å²) in [6.45, 7) is 5.66. The summed E-state index contributed by atoms with van der Waals surface area (Å²) in [4.78, 5) is 11.5. The highest BCUT2D eigenvalue weighted by Gasteiger charge is 2.68. The summed E-state index contributed by atoms with van der Waals surface area (Å²) in [5, 5.41) is 3.00. The fourth-order valence-electron chi connectivity index (χ4n) is 2.56. The average Bonchev–Trinajstić information content (AvgIpc) is 1.89. The van der Waals surface area contributed by atoms with Crippen molar-refractivity contribution in [3.63, 3.8) is 0 Å². The van der Waals surface area contributed by atoms with Gasteiger partial charge < -0.3 is 10.1 Å². The molecule has 0 aromatic heterocycles. The van der Waals surface area contributed by atoms with Crippen molar-refractivity contribution in [2.75, 3.05) is 6.26 Å². The third-order valence-corrected chi connectivity index (χ3v) is 4.48. The first kappa shape index (κ1) is 11.1. The van der Waals surface area contributed by atoms with Crippen LogP contribution in [0.25, 0.3) is 0 Å². The lowest BCUT2D eigenvalue weighted by atomic mass is 9.49. The Morgan fingerprint density at radius 3 is 2.27 bits per heavy atom. The van der Waals surface area contributed by atoms with Crippen molar-refractivity contribution in [2.45, 2.75) is 55.9 Å². The Hall–Kier alpha value is -0.380. The number of alkyl carbamates (subject to hydrolysis) is 1. The molecule has 0 aliphatic heterocycles. The van der Waals surface area contributed by atoms with Gasteiger partial charge in [-0.15, -0.1) is 0 Å². The number of carbonyl (C=O) groups is 1. The van der Waals surface area contributed by atoms with Gasteiger partial charge in [-0.1, -0.05) is 0 Å². The van der Waals surface area contributed by atoms with Crippen LogP contribution in [0.15, 0.2) is 0 Å². The molecule has 0 radical (unpaired) electrons. The molecule has 15 heavy (non-hydrogen) atoms. The Morgan fingerprint density at radius 2 is 1.87 bits per heavy atom. The lowest BCUT2D eigenvalue weighted by Gasteiger charge is -2.69. The quantitative estimate of drug-likeness (QED) is 0.791. The fourth-order valence-corrected chi connectivity index (χ4v) is 3.83. The van der Waals surface area contributed by atoms with Crippen LogP contribution in [0.3, 0.4) is 0 Å². The molecular weight excluding hydrogens is 210 g/mol. The van der Waals surface area contributed by atoms with E-state index in [1.807, 2.05) is 32.5 Å². The molecule has 4 heteroatoms. The highest BCUT2D eigenvalue weighted by Crippen LogP contribution is 2.66. The maximum atomic E-state index is 11.5. The number of nitrogens with one attached hydrogen (secondary N) is 1. The first-order valence-electron chi connectivity index (χ1n) is 5.35. The topological polar surface area (TPSA) is 38.3 Å². The number of thioether (sulfide) groups is 1. The van der Waals surface area contributed by atoms with Gasteiger partial charge in [0.25, 0.3) is 0 Å². The summed E-state index contributed by atoms with van der Waals surface area (Å²) in [6.07, 6.45) is 5.22. The zero-order chi connectivity index (χ0) is 11.3. The molecule has 0 saturated heterocycles. The van der Waals surface area contributed by atoms with Crippen molar-refractivity contribution in [2.24, 2.45) is 0 Å². The molecule has 0 atom stereocenters. The van der Waals surface area contributed by atoms with E-state index in [0.29, 0.717) is 4.75 Å². The number of carbonyl (C=O) groups excluding carboxylic acids is 1. The molecule has 3 rings (SSSR count). The maximum Gasteiger partial charge on any atom is 0.408 e. The van der Waals surface area contributed by atoms with E-state index < -0.39 is 5.60 Å². The summed E-state index contributed by atoms with van der Waals surface area (Å²) in [6, 6.07) is 0. The molecule has 0 spiro atoms. The number of amides is 1. The zero-order valence-corrected chi connectivity index (χ0v) is 10.7. The number of hydrogen-bond acceptors (Lipinski definition) is 3. The molecule has 0 aromatic rings. The van der Waals surface area contributed by atoms with Crippen LogP contribution >= 0.6 is 11.8 Å². The molecule has 86 valence electrons. The molecule has 3 saturated carbocycles. The van der Waals surface area contributed by atoms with Gasteiger partial charge in [0.2, 0.25) is 0 Å². The van der Waals surface area contributed by atoms with Gasteiger partial charge in [0.15, 0.2) is 0 Å². The summed E-state index contributed by atoms with van der Waals surface area (Å²) in [5.74, 6) is 0. The number of hydrogen-bond donors (Lipinski definition) is 1. The smallest absolute Gasteiger partial charge is 0.408 e. The van der Waals surface area contributed by atoms with Crippen LogP contribution in [-0.4, -0.2) is 28.2 Å². The molecule has 3 nitrogen and oxygen atoms in total. The molecule has 0 unspecified atom stereocenters. The predicted molar refractivity (Wildman–Crippen MR) is 62.2 cm³/mol. The minimum Gasteiger partial charge on any atom is -0.444 e. The van der Waals surface area contributed by atoms with Crippen LogP contribution in [0.4, 0.5) is 4.79 Å². The van der Waals surface area contributed by atoms with Crippen LogP contribution < -0.4 is 5.32 Å². The van der Waals surface area contributed by atoms with Gasteiger partial charge >= 0.3 is 6.09 Å². The molecular formula is C11H19NO2S. The molecule has 3 aliphatic rings. The van der Waals surface area contributed by atoms with Gasteiger partial charge in [-0.25, -0.2) is 4.79 Å². The Kier molecular flexibility index (Phi) is 2.27. The van der Waals surface area contributed by atoms with E-state index in [2.05, 4.69) is 11.6 Å². The zero-order valence-electron chi connectivity index (χ0n) is 9.85. The van der Waals surface area contributed by atoms with Gasteiger partial charge in [-0.3, -0.25) is 0 Å². The van der Waals surface area contributed by atoms with Gasteiger partial charge in [-0.05, 0) is 46.3 Å². The second kappa shape index (κ2) is 3.06. The van der Waals surface area contributed by atoms with Crippen molar-refractivity contribution in [1.29, 1.82) is 0 Å². The van der Waals surface area contributed by atoms with Gasteiger partial charge in [0.1, 0.15) is 5.60 Å². The highest BCUT2D eigenvalue weighted by molar-refractivity contribution is 8.00. The van der Waals surface area contributed by atoms with E-state index in [1.165, 1.54) is 0 Å². The molecule has 3 fully saturated rings. The molecule has 2 bridgehead atoms. The van der Waals surface area contributed by atoms with Crippen LogP contribution in [0.2, 0.25) is 0 Å². The third-order valence-electron chi connectivity index (χ3n) is 3.18. The minimum absolute atomic E-state index is 0.0747. The third kappa shape index (κ3) is 1.96. The summed E-state index contributed by atoms with van der Waals surface area (Å²) < 4.78 is 5.72. The minimum atomic E-state index is -0.398. The summed E-state index contributed by atoms with van der Waals surface area (Å²) in [5.41, 5.74) is -0.323. The summed E-state index contributed by atoms with van der Waals surface area (Å²) >= 11 is 1.93. The molecule has 3 aliphatic carbocycles. The highest BCUT2D eigenvalue weighted by atomic mass is 32.2. The molecule has 1 amide bonds. The normalized spacial score (nSPS) is 37.6. The van der Waals surface area contributed by atoms with Crippen molar-refractivity contribution in [3.8, 4) is 0 Å². The first-order valence-corrected chi connectivity index (χ1v) is 6.57. The summed E-state index contributed by atoms with van der Waals surface area (Å²) in [7, 11) is 0. The van der Waals surface area contributed by atoms with Crippen molar-refractivity contribution < 1.29 is 9.53 Å². The van der Waals surface area contributed by atoms with Crippen LogP contribution in [0.1, 0.15) is 40.0 Å². The lowest BCUT2D eigenvalue weighted by Crippen LogP contribution is -2.77. The predicted octanol–water partition coefficient (Wildman–Crippen LogP) is 2.55. The standard InChI is InChI=1S/C11H19NO2S/c1-9(2,3)14-8(13)12-10-5-11(6-10,7-10)15-4/h5-7H2,1-4H3,(H,12,13). The van der Waals surface area contributed by atoms with E-state index in [0.717, 1.165) is 19.3 Å². The Balaban J connectivity index is 1.79. The Labute approximate surface area is 95.3 Å². The van der Waals surface area contributed by atoms with Crippen LogP contribution in [0, 0.1) is 0 Å². The monoisotopic (exact) mass is 229 g/mol. The Bertz CT molecular complexity index is 276. The molecule has 0 aromatic carbocycles. The van der Waals surface area contributed by atoms with E-state index >= 15 is 0 Å². The van der Waals surface area contributed by atoms with Crippen LogP contribution in [-0.2, 0) is 4.74 Å². The van der Waals surface area contributed by atoms with Gasteiger partial charge in [0, 0.05) is 10.3 Å². The second-order valence-corrected chi connectivity index (χ2v) is 7.10. The molecule has 0 heterocycles. The Morgan fingerprint density at radius 1 is 1.33 bits per heavy atom. The van der Waals surface area contributed by atoms with Crippen molar-refractivity contribution in [1.82, 2.24) is 5.32 Å². The lowest BCUT2D eigenvalue weighted by molar-refractivity contribution is -0.0297. The van der Waals surface area contributed by atoms with Crippen molar-refractivity contribution in [3.05, 3.63) is 0 Å². The largest absolute Gasteiger partial charge is 0.444 e. The number of ether oxygens (including phenoxy) is 1. The average molecular weight is 229 g/mol. The van der Waals surface area contributed by atoms with E-state index in [9.17, 15) is 4.79 Å². The van der Waals surface area contributed by atoms with Gasteiger partial charge in [-0.2, -0.15) is 11.8 Å². The first-order chi connectivity index (χ1) is 6.78. The fraction of sp³-hybridized carbons (Fsp3) is 0.909. The molecule has 1 N–H and O–H groups in total. The second-order valence-electron chi connectivity index (χ2n) is 5.82. The van der Waals surface area contributed by atoms with E-state index in [4.69, 9.17) is 4.74 Å². The number of rotatable bonds is 2. The van der Waals surface area contributed by atoms with Gasteiger partial charge in [0.05, 0.1) is 0 Å². The maximum absolute atomic E-state index is 11.5. The van der Waals surface area contributed by atoms with E-state index in [1.54, 1.807) is 0 Å². The van der Waals surface area contributed by atoms with E-state index in [-0.39, 0.29) is 11.6 Å². The van der Waals surface area contributed by atoms with Crippen LogP contribution in [0.5, 0.6) is 0 Å². The SMILES string of the molecule is CSC12CC(NC(=O)OC(C)(C)C)(C1)C2. The van der Waals surface area contributed by atoms with Crippen molar-refractivity contribution >= 4 is 17.9 Å².